The predicted octanol–water partition coefficient (Wildman–Crippen LogP) is 9.65. The van der Waals surface area contributed by atoms with Crippen LogP contribution in [0, 0.1) is 0 Å². The standard InChI is InChI=1S/C39H58N2O7/c1-4-6-7-8-9-10-11-12-13-14-15-16-17-18-19-21-36(42)40-33-26-23-31(24-27-33)38(44)41-34-30-32(39(45)46-3)25-28-35(34)48-29-20-22-37(43)47-5-2/h23-28,30H,4-22,29H2,1-3H3,(H,40,42)(H,41,44). The SMILES string of the molecule is CCCCCCCCCCCCCCCCCC(=O)Nc1ccc(C(=O)Nc2cc(C(=O)OC)ccc2OCCCC(=O)OCC)cc1. The Morgan fingerprint density at radius 3 is 1.75 bits per heavy atom. The maximum atomic E-state index is 13.1. The molecule has 2 aromatic carbocycles. The van der Waals surface area contributed by atoms with Crippen molar-refractivity contribution in [2.45, 2.75) is 129 Å². The summed E-state index contributed by atoms with van der Waals surface area (Å²) in [5.41, 5.74) is 1.53. The van der Waals surface area contributed by atoms with Gasteiger partial charge in [-0.2, -0.15) is 0 Å². The molecule has 0 aromatic heterocycles. The van der Waals surface area contributed by atoms with E-state index >= 15 is 0 Å². The molecule has 0 saturated heterocycles. The van der Waals surface area contributed by atoms with Gasteiger partial charge in [-0.15, -0.1) is 0 Å². The third-order valence-electron chi connectivity index (χ3n) is 8.18. The molecule has 0 unspecified atom stereocenters. The minimum absolute atomic E-state index is 0.0359. The lowest BCUT2D eigenvalue weighted by molar-refractivity contribution is -0.143. The molecule has 2 N–H and O–H groups in total. The lowest BCUT2D eigenvalue weighted by atomic mass is 10.0. The summed E-state index contributed by atoms with van der Waals surface area (Å²) >= 11 is 0. The maximum absolute atomic E-state index is 13.1. The molecule has 0 bridgehead atoms. The van der Waals surface area contributed by atoms with E-state index in [1.807, 2.05) is 0 Å². The molecule has 0 fully saturated rings. The van der Waals surface area contributed by atoms with Crippen molar-refractivity contribution < 1.29 is 33.4 Å². The van der Waals surface area contributed by atoms with Crippen LogP contribution in [0.3, 0.4) is 0 Å². The Labute approximate surface area is 287 Å². The molecule has 266 valence electrons. The summed E-state index contributed by atoms with van der Waals surface area (Å²) in [5.74, 6) is -0.956. The van der Waals surface area contributed by atoms with Crippen LogP contribution in [0.5, 0.6) is 5.75 Å². The molecule has 2 aromatic rings. The van der Waals surface area contributed by atoms with Gasteiger partial charge in [0, 0.05) is 24.1 Å². The van der Waals surface area contributed by atoms with Gasteiger partial charge in [-0.3, -0.25) is 14.4 Å². The second kappa shape index (κ2) is 25.2. The number of anilines is 2. The number of hydrogen-bond donors (Lipinski definition) is 2. The number of ether oxygens (including phenoxy) is 3. The van der Waals surface area contributed by atoms with Gasteiger partial charge in [-0.1, -0.05) is 96.8 Å². The number of carbonyl (C=O) groups is 4. The summed E-state index contributed by atoms with van der Waals surface area (Å²) in [6, 6.07) is 11.2. The van der Waals surface area contributed by atoms with Gasteiger partial charge in [0.1, 0.15) is 5.75 Å². The lowest BCUT2D eigenvalue weighted by Crippen LogP contribution is -2.15. The number of methoxy groups -OCH3 is 1. The van der Waals surface area contributed by atoms with Gasteiger partial charge in [0.2, 0.25) is 5.91 Å². The zero-order chi connectivity index (χ0) is 34.8. The number of unbranched alkanes of at least 4 members (excludes halogenated alkanes) is 14. The van der Waals surface area contributed by atoms with E-state index in [2.05, 4.69) is 17.6 Å². The Hall–Kier alpha value is -3.88. The Bertz CT molecular complexity index is 1230. The number of amides is 2. The van der Waals surface area contributed by atoms with Gasteiger partial charge < -0.3 is 24.8 Å². The highest BCUT2D eigenvalue weighted by Gasteiger charge is 2.15. The average Bonchev–Trinajstić information content (AvgIpc) is 3.09. The Morgan fingerprint density at radius 2 is 1.19 bits per heavy atom. The fourth-order valence-corrected chi connectivity index (χ4v) is 5.41. The number of nitrogens with one attached hydrogen (secondary N) is 2. The molecule has 0 saturated carbocycles. The van der Waals surface area contributed by atoms with Crippen molar-refractivity contribution in [2.75, 3.05) is 31.0 Å². The topological polar surface area (TPSA) is 120 Å². The first-order valence-electron chi connectivity index (χ1n) is 18.1. The molecule has 48 heavy (non-hydrogen) atoms. The van der Waals surface area contributed by atoms with Gasteiger partial charge in [0.05, 0.1) is 31.6 Å². The van der Waals surface area contributed by atoms with E-state index < -0.39 is 11.9 Å². The molecule has 9 nitrogen and oxygen atoms in total. The van der Waals surface area contributed by atoms with E-state index in [0.29, 0.717) is 42.1 Å². The van der Waals surface area contributed by atoms with Crippen molar-refractivity contribution in [3.8, 4) is 5.75 Å². The fourth-order valence-electron chi connectivity index (χ4n) is 5.41. The average molecular weight is 667 g/mol. The highest BCUT2D eigenvalue weighted by atomic mass is 16.5. The summed E-state index contributed by atoms with van der Waals surface area (Å²) in [4.78, 5) is 49.2. The van der Waals surface area contributed by atoms with Crippen LogP contribution >= 0.6 is 0 Å². The van der Waals surface area contributed by atoms with Gasteiger partial charge >= 0.3 is 11.9 Å². The van der Waals surface area contributed by atoms with Crippen LogP contribution in [0.1, 0.15) is 150 Å². The molecule has 0 spiro atoms. The van der Waals surface area contributed by atoms with E-state index in [4.69, 9.17) is 14.2 Å². The number of esters is 2. The summed E-state index contributed by atoms with van der Waals surface area (Å²) in [7, 11) is 1.28. The van der Waals surface area contributed by atoms with Crippen molar-refractivity contribution in [1.29, 1.82) is 0 Å². The highest BCUT2D eigenvalue weighted by molar-refractivity contribution is 6.06. The van der Waals surface area contributed by atoms with Crippen molar-refractivity contribution in [3.63, 3.8) is 0 Å². The Morgan fingerprint density at radius 1 is 0.625 bits per heavy atom. The molecule has 0 aliphatic rings. The van der Waals surface area contributed by atoms with E-state index in [9.17, 15) is 19.2 Å². The van der Waals surface area contributed by atoms with E-state index in [1.165, 1.54) is 90.2 Å². The molecule has 2 rings (SSSR count). The molecule has 0 atom stereocenters. The van der Waals surface area contributed by atoms with Crippen LogP contribution in [0.15, 0.2) is 42.5 Å². The quantitative estimate of drug-likeness (QED) is 0.0758. The van der Waals surface area contributed by atoms with Crippen molar-refractivity contribution >= 4 is 35.1 Å². The highest BCUT2D eigenvalue weighted by Crippen LogP contribution is 2.27. The number of benzene rings is 2. The molecule has 0 aliphatic heterocycles. The summed E-state index contributed by atoms with van der Waals surface area (Å²) in [6.07, 6.45) is 20.4. The molecule has 0 aliphatic carbocycles. The van der Waals surface area contributed by atoms with Crippen LogP contribution < -0.4 is 15.4 Å². The molecule has 0 radical (unpaired) electrons. The van der Waals surface area contributed by atoms with Gasteiger partial charge in [-0.05, 0) is 62.2 Å². The second-order valence-corrected chi connectivity index (χ2v) is 12.2. The van der Waals surface area contributed by atoms with Crippen molar-refractivity contribution in [2.24, 2.45) is 0 Å². The smallest absolute Gasteiger partial charge is 0.337 e. The first-order valence-corrected chi connectivity index (χ1v) is 18.1. The minimum atomic E-state index is -0.552. The first-order chi connectivity index (χ1) is 23.4. The molecule has 0 heterocycles. The monoisotopic (exact) mass is 666 g/mol. The first kappa shape index (κ1) is 40.3. The van der Waals surface area contributed by atoms with E-state index in [0.717, 1.165) is 19.3 Å². The van der Waals surface area contributed by atoms with Crippen LogP contribution in [-0.2, 0) is 19.1 Å². The van der Waals surface area contributed by atoms with Crippen LogP contribution in [0.2, 0.25) is 0 Å². The fraction of sp³-hybridized carbons (Fsp3) is 0.590. The molecular formula is C39H58N2O7. The number of hydrogen-bond acceptors (Lipinski definition) is 7. The van der Waals surface area contributed by atoms with E-state index in [1.54, 1.807) is 43.3 Å². The van der Waals surface area contributed by atoms with Gasteiger partial charge in [0.15, 0.2) is 0 Å². The molecule has 9 heteroatoms. The zero-order valence-corrected chi connectivity index (χ0v) is 29.5. The zero-order valence-electron chi connectivity index (χ0n) is 29.5. The molecule has 2 amide bonds. The lowest BCUT2D eigenvalue weighted by Gasteiger charge is -2.14. The number of rotatable bonds is 26. The van der Waals surface area contributed by atoms with Crippen molar-refractivity contribution in [1.82, 2.24) is 0 Å². The largest absolute Gasteiger partial charge is 0.491 e. The Balaban J connectivity index is 1.70. The predicted molar refractivity (Wildman–Crippen MR) is 192 cm³/mol. The maximum Gasteiger partial charge on any atom is 0.337 e. The summed E-state index contributed by atoms with van der Waals surface area (Å²) < 4.78 is 15.5. The third kappa shape index (κ3) is 17.3. The van der Waals surface area contributed by atoms with E-state index in [-0.39, 0.29) is 30.5 Å². The minimum Gasteiger partial charge on any atom is -0.491 e. The number of carbonyl (C=O) groups excluding carboxylic acids is 4. The Kier molecular flexibility index (Phi) is 21.1. The summed E-state index contributed by atoms with van der Waals surface area (Å²) in [5, 5.41) is 5.71. The third-order valence-corrected chi connectivity index (χ3v) is 8.18. The van der Waals surface area contributed by atoms with Crippen LogP contribution in [0.4, 0.5) is 11.4 Å². The van der Waals surface area contributed by atoms with Crippen molar-refractivity contribution in [3.05, 3.63) is 53.6 Å². The van der Waals surface area contributed by atoms with Crippen LogP contribution in [-0.4, -0.2) is 44.1 Å². The van der Waals surface area contributed by atoms with Crippen LogP contribution in [0.25, 0.3) is 0 Å². The van der Waals surface area contributed by atoms with Gasteiger partial charge in [0.25, 0.3) is 5.91 Å². The summed E-state index contributed by atoms with van der Waals surface area (Å²) in [6.45, 7) is 4.54. The molecular weight excluding hydrogens is 608 g/mol. The van der Waals surface area contributed by atoms with Gasteiger partial charge in [-0.25, -0.2) is 4.79 Å². The second-order valence-electron chi connectivity index (χ2n) is 12.2. The normalized spacial score (nSPS) is 10.7.